The number of hydrogen-bond donors (Lipinski definition) is 1. The lowest BCUT2D eigenvalue weighted by molar-refractivity contribution is 0.795. The van der Waals surface area contributed by atoms with Crippen LogP contribution >= 0.6 is 11.6 Å². The lowest BCUT2D eigenvalue weighted by atomic mass is 10.0. The molecule has 0 fully saturated rings. The zero-order valence-electron chi connectivity index (χ0n) is 10.1. The van der Waals surface area contributed by atoms with Gasteiger partial charge >= 0.3 is 0 Å². The summed E-state index contributed by atoms with van der Waals surface area (Å²) in [6.07, 6.45) is 0. The summed E-state index contributed by atoms with van der Waals surface area (Å²) in [7, 11) is 2.06. The van der Waals surface area contributed by atoms with Crippen molar-refractivity contribution in [1.82, 2.24) is 4.57 Å². The molecule has 0 bridgehead atoms. The first-order valence-electron chi connectivity index (χ1n) is 5.44. The van der Waals surface area contributed by atoms with Crippen molar-refractivity contribution < 1.29 is 0 Å². The highest BCUT2D eigenvalue weighted by atomic mass is 35.5. The molecular weight excluding hydrogens is 220 g/mol. The van der Waals surface area contributed by atoms with E-state index in [1.165, 1.54) is 16.8 Å². The highest BCUT2D eigenvalue weighted by Gasteiger charge is 2.18. The number of nitrogens with zero attached hydrogens (tertiary/aromatic N) is 1. The van der Waals surface area contributed by atoms with Gasteiger partial charge in [0.25, 0.3) is 0 Å². The third-order valence-corrected chi connectivity index (χ3v) is 3.60. The van der Waals surface area contributed by atoms with E-state index >= 15 is 0 Å². The SMILES string of the molecule is Cc1ccc(Cl)c2c(C(C)N)c(C)n(C)c12. The summed E-state index contributed by atoms with van der Waals surface area (Å²) in [5.74, 6) is 0. The van der Waals surface area contributed by atoms with E-state index in [4.69, 9.17) is 17.3 Å². The molecule has 0 aliphatic carbocycles. The van der Waals surface area contributed by atoms with Crippen molar-refractivity contribution in [1.29, 1.82) is 0 Å². The van der Waals surface area contributed by atoms with Crippen LogP contribution in [0.1, 0.15) is 29.8 Å². The number of hydrogen-bond acceptors (Lipinski definition) is 1. The average Bonchev–Trinajstić information content (AvgIpc) is 2.47. The van der Waals surface area contributed by atoms with Gasteiger partial charge in [-0.2, -0.15) is 0 Å². The maximum Gasteiger partial charge on any atom is 0.0528 e. The van der Waals surface area contributed by atoms with Crippen LogP contribution in [-0.2, 0) is 7.05 Å². The lowest BCUT2D eigenvalue weighted by Gasteiger charge is -2.06. The van der Waals surface area contributed by atoms with Crippen molar-refractivity contribution in [3.8, 4) is 0 Å². The third kappa shape index (κ3) is 1.45. The molecule has 0 saturated carbocycles. The molecule has 0 aliphatic rings. The molecule has 0 radical (unpaired) electrons. The summed E-state index contributed by atoms with van der Waals surface area (Å²) in [5, 5.41) is 1.90. The van der Waals surface area contributed by atoms with Gasteiger partial charge in [0.15, 0.2) is 0 Å². The molecule has 2 N–H and O–H groups in total. The van der Waals surface area contributed by atoms with Gasteiger partial charge in [0.05, 0.1) is 10.5 Å². The minimum absolute atomic E-state index is 0.00278. The lowest BCUT2D eigenvalue weighted by Crippen LogP contribution is -2.06. The second-order valence-electron chi connectivity index (χ2n) is 4.43. The Bertz CT molecular complexity index is 553. The zero-order chi connectivity index (χ0) is 12.0. The Morgan fingerprint density at radius 3 is 2.50 bits per heavy atom. The van der Waals surface area contributed by atoms with E-state index in [0.717, 1.165) is 16.0 Å². The predicted octanol–water partition coefficient (Wildman–Crippen LogP) is 3.47. The van der Waals surface area contributed by atoms with Crippen molar-refractivity contribution in [2.45, 2.75) is 26.8 Å². The number of nitrogens with two attached hydrogens (primary N) is 1. The maximum absolute atomic E-state index is 6.29. The summed E-state index contributed by atoms with van der Waals surface area (Å²) in [5.41, 5.74) is 10.8. The predicted molar refractivity (Wildman–Crippen MR) is 70.0 cm³/mol. The number of fused-ring (bicyclic) bond motifs is 1. The fraction of sp³-hybridized carbons (Fsp3) is 0.385. The average molecular weight is 237 g/mol. The Labute approximate surface area is 101 Å². The van der Waals surface area contributed by atoms with Crippen LogP contribution in [0.5, 0.6) is 0 Å². The van der Waals surface area contributed by atoms with E-state index in [1.807, 2.05) is 13.0 Å². The quantitative estimate of drug-likeness (QED) is 0.808. The molecule has 0 spiro atoms. The molecule has 1 unspecified atom stereocenters. The van der Waals surface area contributed by atoms with Crippen LogP contribution < -0.4 is 5.73 Å². The van der Waals surface area contributed by atoms with Crippen molar-refractivity contribution in [3.63, 3.8) is 0 Å². The van der Waals surface area contributed by atoms with Gasteiger partial charge < -0.3 is 10.3 Å². The Hall–Kier alpha value is -0.990. The molecule has 0 amide bonds. The maximum atomic E-state index is 6.29. The van der Waals surface area contributed by atoms with Crippen LogP contribution in [0.4, 0.5) is 0 Å². The Morgan fingerprint density at radius 2 is 1.94 bits per heavy atom. The first-order valence-corrected chi connectivity index (χ1v) is 5.82. The van der Waals surface area contributed by atoms with E-state index in [9.17, 15) is 0 Å². The first-order chi connectivity index (χ1) is 7.45. The molecule has 1 heterocycles. The van der Waals surface area contributed by atoms with Crippen LogP contribution in [0.2, 0.25) is 5.02 Å². The van der Waals surface area contributed by atoms with E-state index in [1.54, 1.807) is 0 Å². The summed E-state index contributed by atoms with van der Waals surface area (Å²) in [6, 6.07) is 4.00. The third-order valence-electron chi connectivity index (χ3n) is 3.28. The smallest absolute Gasteiger partial charge is 0.0528 e. The van der Waals surface area contributed by atoms with Crippen molar-refractivity contribution in [2.24, 2.45) is 12.8 Å². The number of aryl methyl sites for hydroxylation is 2. The zero-order valence-corrected chi connectivity index (χ0v) is 10.9. The fourth-order valence-corrected chi connectivity index (χ4v) is 2.70. The van der Waals surface area contributed by atoms with Gasteiger partial charge in [-0.3, -0.25) is 0 Å². The van der Waals surface area contributed by atoms with Gasteiger partial charge in [-0.25, -0.2) is 0 Å². The summed E-state index contributed by atoms with van der Waals surface area (Å²) in [4.78, 5) is 0. The Morgan fingerprint density at radius 1 is 1.31 bits per heavy atom. The van der Waals surface area contributed by atoms with Crippen molar-refractivity contribution in [2.75, 3.05) is 0 Å². The normalized spacial score (nSPS) is 13.4. The van der Waals surface area contributed by atoms with E-state index in [2.05, 4.69) is 31.5 Å². The van der Waals surface area contributed by atoms with Crippen LogP contribution in [0.15, 0.2) is 12.1 Å². The number of benzene rings is 1. The van der Waals surface area contributed by atoms with E-state index < -0.39 is 0 Å². The molecule has 0 saturated heterocycles. The van der Waals surface area contributed by atoms with Gasteiger partial charge in [0, 0.05) is 24.2 Å². The second-order valence-corrected chi connectivity index (χ2v) is 4.84. The molecule has 0 aliphatic heterocycles. The molecule has 1 aromatic heterocycles. The Balaban J connectivity index is 3.02. The van der Waals surface area contributed by atoms with Crippen LogP contribution in [0.3, 0.4) is 0 Å². The van der Waals surface area contributed by atoms with E-state index in [0.29, 0.717) is 0 Å². The van der Waals surface area contributed by atoms with Gasteiger partial charge in [-0.15, -0.1) is 0 Å². The fourth-order valence-electron chi connectivity index (χ4n) is 2.45. The summed E-state index contributed by atoms with van der Waals surface area (Å²) >= 11 is 6.29. The molecule has 1 atom stereocenters. The summed E-state index contributed by atoms with van der Waals surface area (Å²) < 4.78 is 2.18. The van der Waals surface area contributed by atoms with Crippen LogP contribution in [0.25, 0.3) is 10.9 Å². The molecular formula is C13H17ClN2. The topological polar surface area (TPSA) is 30.9 Å². The molecule has 86 valence electrons. The van der Waals surface area contributed by atoms with E-state index in [-0.39, 0.29) is 6.04 Å². The number of halogens is 1. The van der Waals surface area contributed by atoms with Gasteiger partial charge in [0.2, 0.25) is 0 Å². The number of rotatable bonds is 1. The minimum Gasteiger partial charge on any atom is -0.347 e. The standard InChI is InChI=1S/C13H17ClN2/c1-7-5-6-10(14)12-11(8(2)15)9(3)16(4)13(7)12/h5-6,8H,15H2,1-4H3. The van der Waals surface area contributed by atoms with Gasteiger partial charge in [0.1, 0.15) is 0 Å². The van der Waals surface area contributed by atoms with Gasteiger partial charge in [-0.05, 0) is 38.0 Å². The highest BCUT2D eigenvalue weighted by molar-refractivity contribution is 6.36. The van der Waals surface area contributed by atoms with Crippen LogP contribution in [0, 0.1) is 13.8 Å². The minimum atomic E-state index is 0.00278. The molecule has 2 nitrogen and oxygen atoms in total. The molecule has 3 heteroatoms. The van der Waals surface area contributed by atoms with Crippen molar-refractivity contribution >= 4 is 22.5 Å². The first kappa shape index (κ1) is 11.5. The largest absolute Gasteiger partial charge is 0.347 e. The van der Waals surface area contributed by atoms with Crippen LogP contribution in [-0.4, -0.2) is 4.57 Å². The molecule has 1 aromatic carbocycles. The Kier molecular flexibility index (Phi) is 2.72. The number of aromatic nitrogens is 1. The second kappa shape index (κ2) is 3.79. The monoisotopic (exact) mass is 236 g/mol. The summed E-state index contributed by atoms with van der Waals surface area (Å²) in [6.45, 7) is 6.19. The highest BCUT2D eigenvalue weighted by Crippen LogP contribution is 2.35. The molecule has 2 rings (SSSR count). The molecule has 16 heavy (non-hydrogen) atoms. The molecule has 2 aromatic rings. The van der Waals surface area contributed by atoms with Crippen molar-refractivity contribution in [3.05, 3.63) is 34.0 Å². The van der Waals surface area contributed by atoms with Gasteiger partial charge in [-0.1, -0.05) is 17.7 Å².